The van der Waals surface area contributed by atoms with Crippen molar-refractivity contribution in [1.29, 1.82) is 0 Å². The van der Waals surface area contributed by atoms with E-state index in [9.17, 15) is 4.79 Å². The van der Waals surface area contributed by atoms with E-state index in [4.69, 9.17) is 0 Å². The largest absolute Gasteiger partial charge is 0.343 e. The molecule has 0 aliphatic carbocycles. The fraction of sp³-hybridized carbons (Fsp3) is 0.0833. The molecule has 2 aromatic heterocycles. The third-order valence-corrected chi connectivity index (χ3v) is 5.57. The van der Waals surface area contributed by atoms with Crippen LogP contribution in [0.5, 0.6) is 0 Å². The van der Waals surface area contributed by atoms with Crippen molar-refractivity contribution in [2.45, 2.75) is 13.5 Å². The summed E-state index contributed by atoms with van der Waals surface area (Å²) in [7, 11) is 0. The van der Waals surface area contributed by atoms with Gasteiger partial charge in [0.1, 0.15) is 5.00 Å². The second kappa shape index (κ2) is 8.29. The van der Waals surface area contributed by atoms with E-state index >= 15 is 0 Å². The monoisotopic (exact) mass is 399 g/mol. The van der Waals surface area contributed by atoms with Crippen LogP contribution in [0.3, 0.4) is 0 Å². The number of hydrogen-bond acceptors (Lipinski definition) is 3. The first kappa shape index (κ1) is 18.9. The molecular weight excluding hydrogens is 378 g/mol. The van der Waals surface area contributed by atoms with Crippen LogP contribution in [0.2, 0.25) is 0 Å². The second-order valence-electron chi connectivity index (χ2n) is 6.71. The second-order valence-corrected chi connectivity index (χ2v) is 7.60. The predicted molar refractivity (Wildman–Crippen MR) is 123 cm³/mol. The number of anilines is 1. The Bertz CT molecular complexity index is 1220. The molecule has 4 nitrogen and oxygen atoms in total. The minimum atomic E-state index is -0.151. The quantitative estimate of drug-likeness (QED) is 0.304. The van der Waals surface area contributed by atoms with E-state index in [1.807, 2.05) is 67.1 Å². The molecule has 0 saturated carbocycles. The molecule has 144 valence electrons. The van der Waals surface area contributed by atoms with Gasteiger partial charge in [0.15, 0.2) is 0 Å². The van der Waals surface area contributed by atoms with Gasteiger partial charge in [-0.05, 0) is 36.1 Å². The van der Waals surface area contributed by atoms with Gasteiger partial charge < -0.3 is 9.88 Å². The fourth-order valence-corrected chi connectivity index (χ4v) is 4.01. The number of fused-ring (bicyclic) bond motifs is 1. The Morgan fingerprint density at radius 2 is 1.97 bits per heavy atom. The van der Waals surface area contributed by atoms with Crippen molar-refractivity contribution >= 4 is 45.0 Å². The van der Waals surface area contributed by atoms with E-state index in [1.54, 1.807) is 0 Å². The molecule has 0 fully saturated rings. The Labute approximate surface area is 173 Å². The SMILES string of the molecule is C=CCn1cc(C=Nc2sccc2C(=O)Nc2ccccc2C)c2ccccc21. The molecule has 2 heterocycles. The lowest BCUT2D eigenvalue weighted by atomic mass is 10.2. The van der Waals surface area contributed by atoms with Crippen molar-refractivity contribution in [3.05, 3.63) is 95.5 Å². The van der Waals surface area contributed by atoms with Gasteiger partial charge >= 0.3 is 0 Å². The molecule has 0 saturated heterocycles. The lowest BCUT2D eigenvalue weighted by Gasteiger charge is -2.07. The number of aryl methyl sites for hydroxylation is 1. The minimum absolute atomic E-state index is 0.151. The molecular formula is C24H21N3OS. The third-order valence-electron chi connectivity index (χ3n) is 4.75. The van der Waals surface area contributed by atoms with Crippen LogP contribution >= 0.6 is 11.3 Å². The normalized spacial score (nSPS) is 11.2. The number of allylic oxidation sites excluding steroid dienone is 1. The summed E-state index contributed by atoms with van der Waals surface area (Å²) in [5, 5.41) is 6.69. The molecule has 4 aromatic rings. The number of carbonyl (C=O) groups excluding carboxylic acids is 1. The molecule has 0 aliphatic heterocycles. The van der Waals surface area contributed by atoms with Gasteiger partial charge in [-0.25, -0.2) is 4.99 Å². The topological polar surface area (TPSA) is 46.4 Å². The van der Waals surface area contributed by atoms with E-state index in [0.29, 0.717) is 10.6 Å². The number of aromatic nitrogens is 1. The standard InChI is InChI=1S/C24H21N3OS/c1-3-13-27-16-18(19-9-5-7-11-22(19)27)15-25-24-20(12-14-29-24)23(28)26-21-10-6-4-8-17(21)2/h3-12,14-16H,1,13H2,2H3,(H,26,28). The number of carbonyl (C=O) groups is 1. The fourth-order valence-electron chi connectivity index (χ4n) is 3.27. The number of para-hydroxylation sites is 2. The van der Waals surface area contributed by atoms with Gasteiger partial charge in [0.2, 0.25) is 0 Å². The first-order chi connectivity index (χ1) is 14.2. The summed E-state index contributed by atoms with van der Waals surface area (Å²) in [6, 6.07) is 17.8. The van der Waals surface area contributed by atoms with Crippen LogP contribution in [0.1, 0.15) is 21.5 Å². The van der Waals surface area contributed by atoms with Gasteiger partial charge in [-0.1, -0.05) is 42.5 Å². The summed E-state index contributed by atoms with van der Waals surface area (Å²) >= 11 is 1.45. The zero-order valence-electron chi connectivity index (χ0n) is 16.1. The predicted octanol–water partition coefficient (Wildman–Crippen LogP) is 6.20. The first-order valence-electron chi connectivity index (χ1n) is 9.34. The number of aliphatic imine (C=N–C) groups is 1. The summed E-state index contributed by atoms with van der Waals surface area (Å²) in [6.07, 6.45) is 5.77. The van der Waals surface area contributed by atoms with E-state index in [2.05, 4.69) is 39.8 Å². The molecule has 0 atom stereocenters. The molecule has 0 radical (unpaired) electrons. The summed E-state index contributed by atoms with van der Waals surface area (Å²) < 4.78 is 2.14. The molecule has 5 heteroatoms. The third kappa shape index (κ3) is 3.91. The van der Waals surface area contributed by atoms with E-state index in [1.165, 1.54) is 11.3 Å². The number of thiophene rings is 1. The number of benzene rings is 2. The van der Waals surface area contributed by atoms with Crippen molar-refractivity contribution in [3.8, 4) is 0 Å². The van der Waals surface area contributed by atoms with Crippen LogP contribution < -0.4 is 5.32 Å². The molecule has 1 N–H and O–H groups in total. The highest BCUT2D eigenvalue weighted by molar-refractivity contribution is 7.14. The van der Waals surface area contributed by atoms with Gasteiger partial charge in [-0.2, -0.15) is 0 Å². The molecule has 0 spiro atoms. The van der Waals surface area contributed by atoms with Crippen LogP contribution in [0.25, 0.3) is 10.9 Å². The average Bonchev–Trinajstić information content (AvgIpc) is 3.34. The van der Waals surface area contributed by atoms with Gasteiger partial charge in [0.25, 0.3) is 5.91 Å². The molecule has 0 aliphatic rings. The van der Waals surface area contributed by atoms with Crippen LogP contribution in [-0.4, -0.2) is 16.7 Å². The van der Waals surface area contributed by atoms with Crippen molar-refractivity contribution in [3.63, 3.8) is 0 Å². The van der Waals surface area contributed by atoms with Crippen LogP contribution in [0.15, 0.2) is 83.8 Å². The lowest BCUT2D eigenvalue weighted by molar-refractivity contribution is 0.102. The zero-order valence-corrected chi connectivity index (χ0v) is 16.9. The smallest absolute Gasteiger partial charge is 0.258 e. The summed E-state index contributed by atoms with van der Waals surface area (Å²) in [4.78, 5) is 17.4. The Hall–Kier alpha value is -3.44. The lowest BCUT2D eigenvalue weighted by Crippen LogP contribution is -2.11. The Morgan fingerprint density at radius 1 is 1.17 bits per heavy atom. The maximum absolute atomic E-state index is 12.8. The summed E-state index contributed by atoms with van der Waals surface area (Å²) in [6.45, 7) is 6.54. The molecule has 0 unspecified atom stereocenters. The highest BCUT2D eigenvalue weighted by atomic mass is 32.1. The first-order valence-corrected chi connectivity index (χ1v) is 10.2. The van der Waals surface area contributed by atoms with Crippen LogP contribution in [-0.2, 0) is 6.54 Å². The van der Waals surface area contributed by atoms with Gasteiger partial charge in [0, 0.05) is 41.1 Å². The highest BCUT2D eigenvalue weighted by Crippen LogP contribution is 2.29. The number of rotatable bonds is 6. The van der Waals surface area contributed by atoms with Gasteiger partial charge in [0.05, 0.1) is 5.56 Å². The van der Waals surface area contributed by atoms with E-state index in [0.717, 1.165) is 34.3 Å². The highest BCUT2D eigenvalue weighted by Gasteiger charge is 2.14. The summed E-state index contributed by atoms with van der Waals surface area (Å²) in [5.74, 6) is -0.151. The Kier molecular flexibility index (Phi) is 5.40. The average molecular weight is 400 g/mol. The van der Waals surface area contributed by atoms with Crippen molar-refractivity contribution < 1.29 is 4.79 Å². The van der Waals surface area contributed by atoms with E-state index < -0.39 is 0 Å². The zero-order chi connectivity index (χ0) is 20.2. The maximum Gasteiger partial charge on any atom is 0.258 e. The molecule has 4 rings (SSSR count). The number of hydrogen-bond donors (Lipinski definition) is 1. The molecule has 29 heavy (non-hydrogen) atoms. The van der Waals surface area contributed by atoms with Crippen LogP contribution in [0, 0.1) is 6.92 Å². The van der Waals surface area contributed by atoms with Crippen LogP contribution in [0.4, 0.5) is 10.7 Å². The molecule has 1 amide bonds. The van der Waals surface area contributed by atoms with Gasteiger partial charge in [-0.3, -0.25) is 4.79 Å². The number of nitrogens with one attached hydrogen (secondary N) is 1. The summed E-state index contributed by atoms with van der Waals surface area (Å²) in [5.41, 5.74) is 4.56. The Morgan fingerprint density at radius 3 is 2.79 bits per heavy atom. The van der Waals surface area contributed by atoms with Crippen molar-refractivity contribution in [1.82, 2.24) is 4.57 Å². The number of amides is 1. The van der Waals surface area contributed by atoms with Crippen molar-refractivity contribution in [2.24, 2.45) is 4.99 Å². The Balaban J connectivity index is 1.62. The number of nitrogens with zero attached hydrogens (tertiary/aromatic N) is 2. The minimum Gasteiger partial charge on any atom is -0.343 e. The van der Waals surface area contributed by atoms with E-state index in [-0.39, 0.29) is 5.91 Å². The molecule has 2 aromatic carbocycles. The van der Waals surface area contributed by atoms with Gasteiger partial charge in [-0.15, -0.1) is 17.9 Å². The van der Waals surface area contributed by atoms with Crippen molar-refractivity contribution in [2.75, 3.05) is 5.32 Å². The maximum atomic E-state index is 12.8. The molecule has 0 bridgehead atoms.